The fourth-order valence-electron chi connectivity index (χ4n) is 1.82. The Morgan fingerprint density at radius 3 is 2.82 bits per heavy atom. The van der Waals surface area contributed by atoms with Gasteiger partial charge in [-0.2, -0.15) is 11.8 Å². The van der Waals surface area contributed by atoms with Gasteiger partial charge in [-0.15, -0.1) is 0 Å². The summed E-state index contributed by atoms with van der Waals surface area (Å²) in [7, 11) is 0. The van der Waals surface area contributed by atoms with E-state index in [-0.39, 0.29) is 5.69 Å². The van der Waals surface area contributed by atoms with Crippen molar-refractivity contribution in [1.82, 2.24) is 9.97 Å². The molecule has 2 N–H and O–H groups in total. The van der Waals surface area contributed by atoms with Crippen LogP contribution in [-0.2, 0) is 0 Å². The SMILES string of the molecule is O=C(O)c1nccnc1NCC1CCSCC1. The van der Waals surface area contributed by atoms with Crippen LogP contribution in [0.4, 0.5) is 5.82 Å². The van der Waals surface area contributed by atoms with Gasteiger partial charge in [0.25, 0.3) is 0 Å². The summed E-state index contributed by atoms with van der Waals surface area (Å²) in [5.74, 6) is 2.33. The van der Waals surface area contributed by atoms with E-state index in [0.717, 1.165) is 6.54 Å². The molecule has 0 spiro atoms. The second kappa shape index (κ2) is 5.86. The number of anilines is 1. The summed E-state index contributed by atoms with van der Waals surface area (Å²) in [4.78, 5) is 18.8. The number of carboxylic acids is 1. The van der Waals surface area contributed by atoms with Gasteiger partial charge >= 0.3 is 5.97 Å². The topological polar surface area (TPSA) is 75.1 Å². The van der Waals surface area contributed by atoms with Crippen molar-refractivity contribution in [3.8, 4) is 0 Å². The lowest BCUT2D eigenvalue weighted by atomic mass is 10.0. The number of hydrogen-bond donors (Lipinski definition) is 2. The number of aromatic carboxylic acids is 1. The summed E-state index contributed by atoms with van der Waals surface area (Å²) in [6.07, 6.45) is 5.26. The highest BCUT2D eigenvalue weighted by Gasteiger charge is 2.16. The molecule has 0 bridgehead atoms. The third-order valence-corrected chi connectivity index (χ3v) is 3.85. The van der Waals surface area contributed by atoms with Gasteiger partial charge in [0, 0.05) is 18.9 Å². The maximum Gasteiger partial charge on any atom is 0.358 e. The van der Waals surface area contributed by atoms with Crippen LogP contribution in [0, 0.1) is 5.92 Å². The molecule has 0 atom stereocenters. The maximum absolute atomic E-state index is 10.9. The van der Waals surface area contributed by atoms with Crippen molar-refractivity contribution in [2.45, 2.75) is 12.8 Å². The molecule has 1 fully saturated rings. The minimum absolute atomic E-state index is 0.00214. The minimum Gasteiger partial charge on any atom is -0.476 e. The molecule has 0 amide bonds. The van der Waals surface area contributed by atoms with E-state index in [1.165, 1.54) is 36.7 Å². The van der Waals surface area contributed by atoms with Gasteiger partial charge in [0.05, 0.1) is 0 Å². The molecule has 1 aliphatic heterocycles. The van der Waals surface area contributed by atoms with Crippen molar-refractivity contribution in [2.75, 3.05) is 23.4 Å². The number of hydrogen-bond acceptors (Lipinski definition) is 5. The van der Waals surface area contributed by atoms with Gasteiger partial charge in [0.2, 0.25) is 0 Å². The number of nitrogens with one attached hydrogen (secondary N) is 1. The Bertz CT molecular complexity index is 394. The van der Waals surface area contributed by atoms with Crippen LogP contribution in [0.3, 0.4) is 0 Å². The van der Waals surface area contributed by atoms with Crippen molar-refractivity contribution in [2.24, 2.45) is 5.92 Å². The molecule has 0 aliphatic carbocycles. The van der Waals surface area contributed by atoms with Crippen LogP contribution in [-0.4, -0.2) is 39.1 Å². The van der Waals surface area contributed by atoms with Crippen LogP contribution in [0.2, 0.25) is 0 Å². The van der Waals surface area contributed by atoms with Crippen LogP contribution < -0.4 is 5.32 Å². The number of carboxylic acid groups (broad SMARTS) is 1. The van der Waals surface area contributed by atoms with Gasteiger partial charge in [0.15, 0.2) is 11.5 Å². The molecule has 1 aliphatic rings. The molecule has 17 heavy (non-hydrogen) atoms. The molecule has 0 unspecified atom stereocenters. The number of carbonyl (C=O) groups is 1. The molecule has 5 nitrogen and oxygen atoms in total. The van der Waals surface area contributed by atoms with E-state index in [1.54, 1.807) is 0 Å². The number of nitrogens with zero attached hydrogens (tertiary/aromatic N) is 2. The van der Waals surface area contributed by atoms with Crippen LogP contribution in [0.15, 0.2) is 12.4 Å². The molecule has 1 saturated heterocycles. The summed E-state index contributed by atoms with van der Waals surface area (Å²) in [6, 6.07) is 0. The van der Waals surface area contributed by atoms with E-state index >= 15 is 0 Å². The monoisotopic (exact) mass is 253 g/mol. The average Bonchev–Trinajstić information content (AvgIpc) is 2.38. The third-order valence-electron chi connectivity index (χ3n) is 2.80. The predicted octanol–water partition coefficient (Wildman–Crippen LogP) is 1.73. The van der Waals surface area contributed by atoms with Crippen LogP contribution in [0.1, 0.15) is 23.3 Å². The first-order chi connectivity index (χ1) is 8.27. The van der Waals surface area contributed by atoms with Gasteiger partial charge < -0.3 is 10.4 Å². The largest absolute Gasteiger partial charge is 0.476 e. The molecule has 6 heteroatoms. The Morgan fingerprint density at radius 2 is 2.12 bits per heavy atom. The number of thioether (sulfide) groups is 1. The first kappa shape index (κ1) is 12.2. The average molecular weight is 253 g/mol. The van der Waals surface area contributed by atoms with E-state index in [0.29, 0.717) is 11.7 Å². The lowest BCUT2D eigenvalue weighted by Crippen LogP contribution is -2.21. The first-order valence-electron chi connectivity index (χ1n) is 5.63. The predicted molar refractivity (Wildman–Crippen MR) is 67.5 cm³/mol. The van der Waals surface area contributed by atoms with Crippen molar-refractivity contribution in [1.29, 1.82) is 0 Å². The summed E-state index contributed by atoms with van der Waals surface area (Å²) < 4.78 is 0. The summed E-state index contributed by atoms with van der Waals surface area (Å²) >= 11 is 1.98. The quantitative estimate of drug-likeness (QED) is 0.851. The Morgan fingerprint density at radius 1 is 1.41 bits per heavy atom. The zero-order valence-corrected chi connectivity index (χ0v) is 10.2. The van der Waals surface area contributed by atoms with Crippen LogP contribution in [0.5, 0.6) is 0 Å². The summed E-state index contributed by atoms with van der Waals surface area (Å²) in [5, 5.41) is 12.1. The second-order valence-corrected chi connectivity index (χ2v) is 5.22. The minimum atomic E-state index is -1.04. The molecule has 1 aromatic heterocycles. The number of rotatable bonds is 4. The first-order valence-corrected chi connectivity index (χ1v) is 6.79. The highest BCUT2D eigenvalue weighted by atomic mass is 32.2. The van der Waals surface area contributed by atoms with Crippen molar-refractivity contribution in [3.05, 3.63) is 18.1 Å². The molecular weight excluding hydrogens is 238 g/mol. The molecule has 2 heterocycles. The Labute approximate surface area is 104 Å². The van der Waals surface area contributed by atoms with E-state index < -0.39 is 5.97 Å². The van der Waals surface area contributed by atoms with E-state index in [4.69, 9.17) is 5.11 Å². The van der Waals surface area contributed by atoms with Gasteiger partial charge in [-0.05, 0) is 30.3 Å². The summed E-state index contributed by atoms with van der Waals surface area (Å²) in [6.45, 7) is 0.777. The van der Waals surface area contributed by atoms with E-state index in [1.807, 2.05) is 11.8 Å². The van der Waals surface area contributed by atoms with Crippen molar-refractivity contribution < 1.29 is 9.90 Å². The normalized spacial score (nSPS) is 16.7. The van der Waals surface area contributed by atoms with E-state index in [2.05, 4.69) is 15.3 Å². The van der Waals surface area contributed by atoms with Gasteiger partial charge in [-0.1, -0.05) is 0 Å². The van der Waals surface area contributed by atoms with E-state index in [9.17, 15) is 4.79 Å². The molecule has 2 rings (SSSR count). The molecule has 0 saturated carbocycles. The van der Waals surface area contributed by atoms with Crippen molar-refractivity contribution in [3.63, 3.8) is 0 Å². The summed E-state index contributed by atoms with van der Waals surface area (Å²) in [5.41, 5.74) is -0.00214. The van der Waals surface area contributed by atoms with Gasteiger partial charge in [-0.3, -0.25) is 0 Å². The van der Waals surface area contributed by atoms with Crippen LogP contribution in [0.25, 0.3) is 0 Å². The second-order valence-electron chi connectivity index (χ2n) is 4.00. The highest BCUT2D eigenvalue weighted by molar-refractivity contribution is 7.99. The molecule has 0 aromatic carbocycles. The lowest BCUT2D eigenvalue weighted by Gasteiger charge is -2.21. The zero-order valence-electron chi connectivity index (χ0n) is 9.43. The Balaban J connectivity index is 1.96. The van der Waals surface area contributed by atoms with Crippen LogP contribution >= 0.6 is 11.8 Å². The highest BCUT2D eigenvalue weighted by Crippen LogP contribution is 2.23. The maximum atomic E-state index is 10.9. The van der Waals surface area contributed by atoms with Gasteiger partial charge in [-0.25, -0.2) is 14.8 Å². The molecule has 1 aromatic rings. The lowest BCUT2D eigenvalue weighted by molar-refractivity contribution is 0.0691. The fraction of sp³-hybridized carbons (Fsp3) is 0.545. The van der Waals surface area contributed by atoms with Gasteiger partial charge in [0.1, 0.15) is 0 Å². The number of aromatic nitrogens is 2. The smallest absolute Gasteiger partial charge is 0.358 e. The standard InChI is InChI=1S/C11H15N3O2S/c15-11(16)9-10(13-4-3-12-9)14-7-8-1-5-17-6-2-8/h3-4,8H,1-2,5-7H2,(H,13,14)(H,15,16). The molecular formula is C11H15N3O2S. The fourth-order valence-corrected chi connectivity index (χ4v) is 3.02. The Kier molecular flexibility index (Phi) is 4.19. The Hall–Kier alpha value is -1.30. The molecule has 0 radical (unpaired) electrons. The third kappa shape index (κ3) is 3.33. The zero-order chi connectivity index (χ0) is 12.1. The van der Waals surface area contributed by atoms with Crippen molar-refractivity contribution >= 4 is 23.5 Å². The molecule has 92 valence electrons.